The van der Waals surface area contributed by atoms with E-state index in [1.165, 1.54) is 22.7 Å². The first kappa shape index (κ1) is 13.0. The van der Waals surface area contributed by atoms with E-state index in [1.807, 2.05) is 17.5 Å². The number of nitrogens with one attached hydrogen (secondary N) is 1. The van der Waals surface area contributed by atoms with E-state index in [0.717, 1.165) is 26.2 Å². The first-order chi connectivity index (χ1) is 8.29. The van der Waals surface area contributed by atoms with Gasteiger partial charge in [0.2, 0.25) is 0 Å². The zero-order chi connectivity index (χ0) is 12.1. The number of rotatable bonds is 5. The van der Waals surface area contributed by atoms with Crippen molar-refractivity contribution in [2.24, 2.45) is 5.92 Å². The maximum absolute atomic E-state index is 5.49. The Balaban J connectivity index is 1.77. The number of hydrogen-bond donors (Lipinski definition) is 1. The molecule has 3 nitrogen and oxygen atoms in total. The molecule has 0 aromatic carbocycles. The summed E-state index contributed by atoms with van der Waals surface area (Å²) in [5.41, 5.74) is 0. The van der Waals surface area contributed by atoms with E-state index in [1.54, 1.807) is 0 Å². The Morgan fingerprint density at radius 1 is 1.65 bits per heavy atom. The predicted molar refractivity (Wildman–Crippen MR) is 71.5 cm³/mol. The van der Waals surface area contributed by atoms with Gasteiger partial charge in [0, 0.05) is 24.2 Å². The molecule has 17 heavy (non-hydrogen) atoms. The van der Waals surface area contributed by atoms with Crippen LogP contribution in [0.3, 0.4) is 0 Å². The fourth-order valence-electron chi connectivity index (χ4n) is 2.09. The average Bonchev–Trinajstić information content (AvgIpc) is 2.86. The summed E-state index contributed by atoms with van der Waals surface area (Å²) in [6.07, 6.45) is 5.58. The summed E-state index contributed by atoms with van der Waals surface area (Å²) in [5, 5.41) is 4.78. The topological polar surface area (TPSA) is 34.2 Å². The number of aryl methyl sites for hydroxylation is 1. The molecular weight excluding hydrogens is 232 g/mol. The van der Waals surface area contributed by atoms with Crippen molar-refractivity contribution in [1.29, 1.82) is 0 Å². The Morgan fingerprint density at radius 3 is 3.18 bits per heavy atom. The lowest BCUT2D eigenvalue weighted by molar-refractivity contribution is 0.0540. The van der Waals surface area contributed by atoms with Gasteiger partial charge < -0.3 is 10.1 Å². The summed E-state index contributed by atoms with van der Waals surface area (Å²) in [6.45, 7) is 7.27. The van der Waals surface area contributed by atoms with E-state index in [9.17, 15) is 0 Å². The van der Waals surface area contributed by atoms with Crippen LogP contribution >= 0.6 is 11.3 Å². The largest absolute Gasteiger partial charge is 0.381 e. The Kier molecular flexibility index (Phi) is 4.95. The third-order valence-corrected chi connectivity index (χ3v) is 4.58. The van der Waals surface area contributed by atoms with Crippen molar-refractivity contribution < 1.29 is 4.74 Å². The summed E-state index contributed by atoms with van der Waals surface area (Å²) in [4.78, 5) is 5.85. The first-order valence-electron chi connectivity index (χ1n) is 6.55. The lowest BCUT2D eigenvalue weighted by Crippen LogP contribution is -2.30. The molecule has 1 aromatic heterocycles. The smallest absolute Gasteiger partial charge is 0.109 e. The Labute approximate surface area is 108 Å². The second-order valence-corrected chi connectivity index (χ2v) is 5.88. The van der Waals surface area contributed by atoms with Crippen LogP contribution in [-0.4, -0.2) is 24.7 Å². The van der Waals surface area contributed by atoms with Gasteiger partial charge in [-0.1, -0.05) is 6.92 Å². The summed E-state index contributed by atoms with van der Waals surface area (Å²) in [7, 11) is 0. The molecule has 2 atom stereocenters. The van der Waals surface area contributed by atoms with Crippen molar-refractivity contribution in [2.75, 3.05) is 19.8 Å². The minimum absolute atomic E-state index is 0.363. The number of ether oxygens (including phenoxy) is 1. The minimum atomic E-state index is 0.363. The molecule has 0 amide bonds. The summed E-state index contributed by atoms with van der Waals surface area (Å²) in [5.74, 6) is 0.678. The van der Waals surface area contributed by atoms with Gasteiger partial charge in [-0.15, -0.1) is 11.3 Å². The SMILES string of the molecule is CCc1cnc(C(C)NCC2CCCOC2)s1. The van der Waals surface area contributed by atoms with E-state index in [-0.39, 0.29) is 0 Å². The molecule has 0 spiro atoms. The summed E-state index contributed by atoms with van der Waals surface area (Å²) < 4.78 is 5.49. The molecule has 1 fully saturated rings. The molecular formula is C13H22N2OS. The number of hydrogen-bond acceptors (Lipinski definition) is 4. The number of nitrogens with zero attached hydrogens (tertiary/aromatic N) is 1. The second-order valence-electron chi connectivity index (χ2n) is 4.73. The first-order valence-corrected chi connectivity index (χ1v) is 7.37. The van der Waals surface area contributed by atoms with Gasteiger partial charge in [-0.2, -0.15) is 0 Å². The molecule has 2 heterocycles. The van der Waals surface area contributed by atoms with Crippen LogP contribution in [0, 0.1) is 5.92 Å². The molecule has 0 saturated carbocycles. The van der Waals surface area contributed by atoms with Gasteiger partial charge in [-0.3, -0.25) is 0 Å². The van der Waals surface area contributed by atoms with Crippen molar-refractivity contribution in [1.82, 2.24) is 10.3 Å². The molecule has 0 aliphatic carbocycles. The van der Waals surface area contributed by atoms with Crippen LogP contribution in [0.2, 0.25) is 0 Å². The average molecular weight is 254 g/mol. The standard InChI is InChI=1S/C13H22N2OS/c1-3-12-8-15-13(17-12)10(2)14-7-11-5-4-6-16-9-11/h8,10-11,14H,3-7,9H2,1-2H3. The molecule has 1 aromatic rings. The van der Waals surface area contributed by atoms with Crippen molar-refractivity contribution in [3.05, 3.63) is 16.1 Å². The predicted octanol–water partition coefficient (Wildman–Crippen LogP) is 2.78. The molecule has 1 saturated heterocycles. The van der Waals surface area contributed by atoms with Crippen LogP contribution in [0.4, 0.5) is 0 Å². The highest BCUT2D eigenvalue weighted by Gasteiger charge is 2.16. The minimum Gasteiger partial charge on any atom is -0.381 e. The van der Waals surface area contributed by atoms with Gasteiger partial charge in [0.25, 0.3) is 0 Å². The van der Waals surface area contributed by atoms with Gasteiger partial charge in [0.1, 0.15) is 5.01 Å². The fraction of sp³-hybridized carbons (Fsp3) is 0.769. The normalized spacial score (nSPS) is 22.6. The van der Waals surface area contributed by atoms with Crippen LogP contribution < -0.4 is 5.32 Å². The summed E-state index contributed by atoms with van der Waals surface area (Å²) >= 11 is 1.82. The molecule has 1 aliphatic rings. The van der Waals surface area contributed by atoms with E-state index in [0.29, 0.717) is 12.0 Å². The van der Waals surface area contributed by atoms with Gasteiger partial charge >= 0.3 is 0 Å². The summed E-state index contributed by atoms with van der Waals surface area (Å²) in [6, 6.07) is 0.363. The van der Waals surface area contributed by atoms with E-state index in [4.69, 9.17) is 4.74 Å². The third kappa shape index (κ3) is 3.76. The lowest BCUT2D eigenvalue weighted by atomic mass is 10.0. The van der Waals surface area contributed by atoms with Crippen LogP contribution in [-0.2, 0) is 11.2 Å². The molecule has 1 aliphatic heterocycles. The van der Waals surface area contributed by atoms with E-state index >= 15 is 0 Å². The molecule has 0 radical (unpaired) electrons. The number of thiazole rings is 1. The zero-order valence-electron chi connectivity index (χ0n) is 10.7. The maximum Gasteiger partial charge on any atom is 0.109 e. The molecule has 0 bridgehead atoms. The fourth-order valence-corrected chi connectivity index (χ4v) is 2.97. The van der Waals surface area contributed by atoms with Gasteiger partial charge in [-0.05, 0) is 32.1 Å². The zero-order valence-corrected chi connectivity index (χ0v) is 11.6. The number of aromatic nitrogens is 1. The molecule has 96 valence electrons. The third-order valence-electron chi connectivity index (χ3n) is 3.26. The molecule has 1 N–H and O–H groups in total. The molecule has 2 rings (SSSR count). The van der Waals surface area contributed by atoms with Crippen molar-refractivity contribution in [2.45, 2.75) is 39.2 Å². The van der Waals surface area contributed by atoms with Gasteiger partial charge in [0.05, 0.1) is 12.6 Å². The van der Waals surface area contributed by atoms with Crippen LogP contribution in [0.25, 0.3) is 0 Å². The molecule has 2 unspecified atom stereocenters. The monoisotopic (exact) mass is 254 g/mol. The highest BCUT2D eigenvalue weighted by Crippen LogP contribution is 2.21. The van der Waals surface area contributed by atoms with Crippen molar-refractivity contribution in [3.63, 3.8) is 0 Å². The quantitative estimate of drug-likeness (QED) is 0.877. The van der Waals surface area contributed by atoms with Crippen molar-refractivity contribution >= 4 is 11.3 Å². The highest BCUT2D eigenvalue weighted by atomic mass is 32.1. The van der Waals surface area contributed by atoms with Gasteiger partial charge in [-0.25, -0.2) is 4.98 Å². The van der Waals surface area contributed by atoms with Gasteiger partial charge in [0.15, 0.2) is 0 Å². The Morgan fingerprint density at radius 2 is 2.53 bits per heavy atom. The molecule has 4 heteroatoms. The second kappa shape index (κ2) is 6.47. The Bertz CT molecular complexity index is 334. The van der Waals surface area contributed by atoms with Crippen LogP contribution in [0.15, 0.2) is 6.20 Å². The maximum atomic E-state index is 5.49. The highest BCUT2D eigenvalue weighted by molar-refractivity contribution is 7.11. The van der Waals surface area contributed by atoms with Crippen molar-refractivity contribution in [3.8, 4) is 0 Å². The van der Waals surface area contributed by atoms with Crippen LogP contribution in [0.5, 0.6) is 0 Å². The Hall–Kier alpha value is -0.450. The van der Waals surface area contributed by atoms with Crippen LogP contribution in [0.1, 0.15) is 42.6 Å². The lowest BCUT2D eigenvalue weighted by Gasteiger charge is -2.23. The van der Waals surface area contributed by atoms with E-state index < -0.39 is 0 Å². The van der Waals surface area contributed by atoms with E-state index in [2.05, 4.69) is 24.1 Å².